The molecule has 5 nitrogen and oxygen atoms in total. The van der Waals surface area contributed by atoms with Gasteiger partial charge in [0.05, 0.1) is 20.5 Å². The van der Waals surface area contributed by atoms with Crippen molar-refractivity contribution in [1.82, 2.24) is 0 Å². The van der Waals surface area contributed by atoms with Crippen LogP contribution in [0, 0.1) is 0 Å². The van der Waals surface area contributed by atoms with Crippen molar-refractivity contribution in [2.45, 2.75) is 13.3 Å². The van der Waals surface area contributed by atoms with Crippen LogP contribution in [-0.2, 0) is 6.42 Å². The minimum absolute atomic E-state index is 0.154. The number of carbonyl (C=O) groups excluding carboxylic acids is 2. The van der Waals surface area contributed by atoms with Crippen LogP contribution < -0.4 is 16.8 Å². The van der Waals surface area contributed by atoms with Gasteiger partial charge in [-0.2, -0.15) is 0 Å². The highest BCUT2D eigenvalue weighted by molar-refractivity contribution is 7.19. The minimum atomic E-state index is -0.641. The van der Waals surface area contributed by atoms with E-state index in [1.54, 1.807) is 0 Å². The summed E-state index contributed by atoms with van der Waals surface area (Å²) >= 11 is 8.53. The van der Waals surface area contributed by atoms with Crippen molar-refractivity contribution in [2.75, 3.05) is 17.6 Å². The van der Waals surface area contributed by atoms with E-state index < -0.39 is 5.91 Å². The fourth-order valence-electron chi connectivity index (χ4n) is 1.86. The Bertz CT molecular complexity index is 694. The molecule has 0 unspecified atom stereocenters. The van der Waals surface area contributed by atoms with Crippen LogP contribution in [0.3, 0.4) is 0 Å². The molecule has 2 heterocycles. The molecule has 0 aromatic carbocycles. The lowest BCUT2D eigenvalue weighted by Gasteiger charge is -2.04. The number of rotatable bonds is 6. The Morgan fingerprint density at radius 1 is 1.33 bits per heavy atom. The van der Waals surface area contributed by atoms with E-state index in [-0.39, 0.29) is 17.0 Å². The Hall–Kier alpha value is -1.57. The van der Waals surface area contributed by atoms with Crippen LogP contribution in [-0.4, -0.2) is 18.2 Å². The number of thiophene rings is 2. The molecule has 0 radical (unpaired) electrons. The van der Waals surface area contributed by atoms with Gasteiger partial charge in [0, 0.05) is 18.3 Å². The summed E-state index contributed by atoms with van der Waals surface area (Å²) in [6, 6.07) is 3.79. The van der Waals surface area contributed by atoms with Crippen LogP contribution in [0.4, 0.5) is 10.7 Å². The van der Waals surface area contributed by atoms with Gasteiger partial charge in [-0.15, -0.1) is 22.7 Å². The van der Waals surface area contributed by atoms with Crippen LogP contribution in [0.25, 0.3) is 0 Å². The van der Waals surface area contributed by atoms with Gasteiger partial charge in [-0.25, -0.2) is 0 Å². The van der Waals surface area contributed by atoms with Crippen molar-refractivity contribution in [1.29, 1.82) is 0 Å². The normalized spacial score (nSPS) is 10.6. The summed E-state index contributed by atoms with van der Waals surface area (Å²) in [5.41, 5.74) is 11.5. The molecule has 0 saturated heterocycles. The third kappa shape index (κ3) is 3.55. The summed E-state index contributed by atoms with van der Waals surface area (Å²) in [6.45, 7) is 2.00. The molecule has 5 N–H and O–H groups in total. The minimum Gasteiger partial charge on any atom is -0.397 e. The SMILES string of the molecule is CC(=O)c1sc(NCCc2ccc(Cl)s2)c(C(N)=O)c1N. The quantitative estimate of drug-likeness (QED) is 0.702. The van der Waals surface area contributed by atoms with Crippen LogP contribution in [0.5, 0.6) is 0 Å². The van der Waals surface area contributed by atoms with E-state index in [0.717, 1.165) is 27.0 Å². The molecule has 0 atom stereocenters. The van der Waals surface area contributed by atoms with E-state index in [1.807, 2.05) is 12.1 Å². The molecule has 0 spiro atoms. The van der Waals surface area contributed by atoms with Crippen molar-refractivity contribution in [2.24, 2.45) is 5.73 Å². The van der Waals surface area contributed by atoms with E-state index in [0.29, 0.717) is 16.4 Å². The van der Waals surface area contributed by atoms with Crippen molar-refractivity contribution < 1.29 is 9.59 Å². The third-order valence-electron chi connectivity index (χ3n) is 2.80. The van der Waals surface area contributed by atoms with E-state index >= 15 is 0 Å². The average molecular weight is 344 g/mol. The molecule has 8 heteroatoms. The fraction of sp³-hybridized carbons (Fsp3) is 0.231. The standard InChI is InChI=1S/C13H14ClN3O2S2/c1-6(18)11-10(15)9(12(16)19)13(21-11)17-5-4-7-2-3-8(14)20-7/h2-3,17H,4-5,15H2,1H3,(H2,16,19). The van der Waals surface area contributed by atoms with Gasteiger partial charge in [0.25, 0.3) is 5.91 Å². The molecule has 0 bridgehead atoms. The van der Waals surface area contributed by atoms with E-state index in [2.05, 4.69) is 5.32 Å². The number of carbonyl (C=O) groups is 2. The summed E-state index contributed by atoms with van der Waals surface area (Å²) in [5, 5.41) is 3.65. The summed E-state index contributed by atoms with van der Waals surface area (Å²) in [6.07, 6.45) is 0.753. The lowest BCUT2D eigenvalue weighted by atomic mass is 10.2. The highest BCUT2D eigenvalue weighted by Crippen LogP contribution is 2.35. The highest BCUT2D eigenvalue weighted by Gasteiger charge is 2.22. The highest BCUT2D eigenvalue weighted by atomic mass is 35.5. The number of amides is 1. The number of hydrogen-bond donors (Lipinski definition) is 3. The van der Waals surface area contributed by atoms with Crippen molar-refractivity contribution in [3.63, 3.8) is 0 Å². The van der Waals surface area contributed by atoms with Gasteiger partial charge >= 0.3 is 0 Å². The van der Waals surface area contributed by atoms with Crippen LogP contribution >= 0.6 is 34.3 Å². The van der Waals surface area contributed by atoms with Crippen molar-refractivity contribution in [3.8, 4) is 0 Å². The van der Waals surface area contributed by atoms with Crippen molar-refractivity contribution in [3.05, 3.63) is 31.8 Å². The second-order valence-electron chi connectivity index (χ2n) is 4.35. The van der Waals surface area contributed by atoms with Gasteiger partial charge in [0.2, 0.25) is 0 Å². The third-order valence-corrected chi connectivity index (χ3v) is 5.35. The van der Waals surface area contributed by atoms with Crippen LogP contribution in [0.15, 0.2) is 12.1 Å². The summed E-state index contributed by atoms with van der Waals surface area (Å²) in [4.78, 5) is 24.5. The lowest BCUT2D eigenvalue weighted by Crippen LogP contribution is -2.15. The topological polar surface area (TPSA) is 98.2 Å². The number of primary amides is 1. The maximum absolute atomic E-state index is 11.5. The molecule has 0 aliphatic carbocycles. The van der Waals surface area contributed by atoms with E-state index in [9.17, 15) is 9.59 Å². The molecule has 21 heavy (non-hydrogen) atoms. The first-order valence-corrected chi connectivity index (χ1v) is 8.12. The van der Waals surface area contributed by atoms with E-state index in [1.165, 1.54) is 18.3 Å². The number of halogens is 1. The van der Waals surface area contributed by atoms with Gasteiger partial charge in [-0.3, -0.25) is 9.59 Å². The zero-order valence-electron chi connectivity index (χ0n) is 11.2. The molecule has 0 aliphatic rings. The summed E-state index contributed by atoms with van der Waals surface area (Å²) in [5.74, 6) is -0.823. The van der Waals surface area contributed by atoms with Gasteiger partial charge in [0.1, 0.15) is 5.00 Å². The van der Waals surface area contributed by atoms with E-state index in [4.69, 9.17) is 23.1 Å². The second kappa shape index (κ2) is 6.46. The van der Waals surface area contributed by atoms with Crippen LogP contribution in [0.1, 0.15) is 31.8 Å². The molecule has 2 aromatic heterocycles. The zero-order valence-corrected chi connectivity index (χ0v) is 13.6. The Labute approximate surface area is 134 Å². The smallest absolute Gasteiger partial charge is 0.253 e. The molecule has 2 rings (SSSR count). The summed E-state index contributed by atoms with van der Waals surface area (Å²) < 4.78 is 0.738. The Kier molecular flexibility index (Phi) is 4.87. The van der Waals surface area contributed by atoms with Gasteiger partial charge in [0.15, 0.2) is 5.78 Å². The van der Waals surface area contributed by atoms with Crippen molar-refractivity contribution >= 4 is 56.7 Å². The number of anilines is 2. The first-order valence-electron chi connectivity index (χ1n) is 6.11. The second-order valence-corrected chi connectivity index (χ2v) is 7.17. The summed E-state index contributed by atoms with van der Waals surface area (Å²) in [7, 11) is 0. The number of hydrogen-bond acceptors (Lipinski definition) is 6. The molecule has 0 fully saturated rings. The molecule has 0 saturated carbocycles. The van der Waals surface area contributed by atoms with Gasteiger partial charge in [-0.1, -0.05) is 11.6 Å². The predicted molar refractivity (Wildman–Crippen MR) is 88.8 cm³/mol. The lowest BCUT2D eigenvalue weighted by molar-refractivity contribution is 0.100. The molecule has 2 aromatic rings. The Morgan fingerprint density at radius 3 is 2.57 bits per heavy atom. The molecule has 112 valence electrons. The molecule has 0 aliphatic heterocycles. The van der Waals surface area contributed by atoms with Gasteiger partial charge < -0.3 is 16.8 Å². The first-order chi connectivity index (χ1) is 9.90. The van der Waals surface area contributed by atoms with Crippen LogP contribution in [0.2, 0.25) is 4.34 Å². The molecular weight excluding hydrogens is 330 g/mol. The number of nitrogens with one attached hydrogen (secondary N) is 1. The Morgan fingerprint density at radius 2 is 2.05 bits per heavy atom. The molecule has 1 amide bonds. The monoisotopic (exact) mass is 343 g/mol. The van der Waals surface area contributed by atoms with Gasteiger partial charge in [-0.05, 0) is 18.6 Å². The predicted octanol–water partition coefficient (Wildman–Crippen LogP) is 3.00. The average Bonchev–Trinajstić information content (AvgIpc) is 2.93. The number of nitrogens with two attached hydrogens (primary N) is 2. The zero-order chi connectivity index (χ0) is 15.6. The number of Topliss-reactive ketones (excluding diaryl/α,β-unsaturated/α-hetero) is 1. The maximum atomic E-state index is 11.5. The Balaban J connectivity index is 2.13. The number of nitrogen functional groups attached to an aromatic ring is 1. The maximum Gasteiger partial charge on any atom is 0.253 e. The number of ketones is 1. The largest absolute Gasteiger partial charge is 0.397 e. The molecular formula is C13H14ClN3O2S2. The first kappa shape index (κ1) is 15.8. The fourth-order valence-corrected chi connectivity index (χ4v) is 3.99.